The van der Waals surface area contributed by atoms with Gasteiger partial charge in [-0.1, -0.05) is 37.3 Å². The van der Waals surface area contributed by atoms with Gasteiger partial charge in [-0.2, -0.15) is 0 Å². The summed E-state index contributed by atoms with van der Waals surface area (Å²) in [5.74, 6) is 2.48. The van der Waals surface area contributed by atoms with E-state index in [1.165, 1.54) is 5.56 Å². The number of aliphatic imine (C=N–C) groups is 1. The highest BCUT2D eigenvalue weighted by Gasteiger charge is 2.31. The zero-order chi connectivity index (χ0) is 21.5. The Kier molecular flexibility index (Phi) is 10.6. The van der Waals surface area contributed by atoms with Crippen molar-refractivity contribution in [3.63, 3.8) is 0 Å². The first-order valence-corrected chi connectivity index (χ1v) is 11.5. The van der Waals surface area contributed by atoms with Crippen molar-refractivity contribution < 1.29 is 4.79 Å². The number of halogens is 1. The molecule has 2 fully saturated rings. The van der Waals surface area contributed by atoms with Gasteiger partial charge in [0.15, 0.2) is 5.96 Å². The minimum Gasteiger partial charge on any atom is -0.356 e. The number of hydrogen-bond donors (Lipinski definition) is 1. The summed E-state index contributed by atoms with van der Waals surface area (Å²) < 4.78 is 0. The van der Waals surface area contributed by atoms with Crippen molar-refractivity contribution in [2.45, 2.75) is 44.6 Å². The van der Waals surface area contributed by atoms with Crippen LogP contribution in [0.4, 0.5) is 0 Å². The second-order valence-electron chi connectivity index (χ2n) is 8.98. The Bertz CT molecular complexity index is 711. The molecule has 0 radical (unpaired) electrons. The number of carbonyl (C=O) groups excluding carboxylic acids is 1. The van der Waals surface area contributed by atoms with Crippen molar-refractivity contribution in [1.29, 1.82) is 0 Å². The normalized spacial score (nSPS) is 24.6. The molecule has 0 bridgehead atoms. The number of likely N-dealkylation sites (tertiary alicyclic amines) is 2. The minimum atomic E-state index is 0. The van der Waals surface area contributed by atoms with Crippen molar-refractivity contribution in [3.05, 3.63) is 35.9 Å². The Labute approximate surface area is 205 Å². The highest BCUT2D eigenvalue weighted by Crippen LogP contribution is 2.32. The van der Waals surface area contributed by atoms with E-state index in [-0.39, 0.29) is 35.9 Å². The van der Waals surface area contributed by atoms with Crippen molar-refractivity contribution in [1.82, 2.24) is 20.0 Å². The van der Waals surface area contributed by atoms with Gasteiger partial charge in [0.25, 0.3) is 0 Å². The van der Waals surface area contributed by atoms with E-state index in [0.717, 1.165) is 64.4 Å². The Morgan fingerprint density at radius 3 is 2.58 bits per heavy atom. The fraction of sp³-hybridized carbons (Fsp3) is 0.667. The maximum atomic E-state index is 12.4. The predicted molar refractivity (Wildman–Crippen MR) is 139 cm³/mol. The summed E-state index contributed by atoms with van der Waals surface area (Å²) >= 11 is 0. The molecular formula is C24H40IN5O. The molecule has 0 saturated carbocycles. The average Bonchev–Trinajstić information content (AvgIpc) is 3.22. The van der Waals surface area contributed by atoms with E-state index in [1.54, 1.807) is 4.90 Å². The summed E-state index contributed by atoms with van der Waals surface area (Å²) in [6.07, 6.45) is 4.29. The Balaban J connectivity index is 0.00000341. The topological polar surface area (TPSA) is 51.2 Å². The van der Waals surface area contributed by atoms with Crippen molar-refractivity contribution >= 4 is 35.8 Å². The molecule has 3 unspecified atom stereocenters. The minimum absolute atomic E-state index is 0. The maximum Gasteiger partial charge on any atom is 0.239 e. The second-order valence-corrected chi connectivity index (χ2v) is 8.98. The summed E-state index contributed by atoms with van der Waals surface area (Å²) in [4.78, 5) is 23.4. The van der Waals surface area contributed by atoms with Gasteiger partial charge >= 0.3 is 0 Å². The molecule has 0 aliphatic carbocycles. The first-order valence-electron chi connectivity index (χ1n) is 11.5. The van der Waals surface area contributed by atoms with Gasteiger partial charge in [0, 0.05) is 47.3 Å². The zero-order valence-corrected chi connectivity index (χ0v) is 21.9. The largest absolute Gasteiger partial charge is 0.356 e. The first kappa shape index (κ1) is 25.9. The SMILES string of the molecule is CN=C(NCCCN1CCCC1C(=O)N(C)C)N1CCC(c2ccccc2)C(C)C1.I. The van der Waals surface area contributed by atoms with E-state index in [9.17, 15) is 4.79 Å². The molecule has 7 heteroatoms. The number of likely N-dealkylation sites (N-methyl/N-ethyl adjacent to an activating group) is 1. The van der Waals surface area contributed by atoms with Crippen LogP contribution >= 0.6 is 24.0 Å². The molecule has 0 aromatic heterocycles. The molecule has 31 heavy (non-hydrogen) atoms. The van der Waals surface area contributed by atoms with E-state index < -0.39 is 0 Å². The molecule has 2 heterocycles. The molecule has 2 aliphatic heterocycles. The van der Waals surface area contributed by atoms with Crippen LogP contribution in [-0.4, -0.2) is 86.5 Å². The van der Waals surface area contributed by atoms with Gasteiger partial charge in [0.05, 0.1) is 6.04 Å². The van der Waals surface area contributed by atoms with E-state index in [1.807, 2.05) is 21.1 Å². The van der Waals surface area contributed by atoms with E-state index in [4.69, 9.17) is 0 Å². The fourth-order valence-corrected chi connectivity index (χ4v) is 5.02. The molecular weight excluding hydrogens is 501 g/mol. The third-order valence-electron chi connectivity index (χ3n) is 6.64. The van der Waals surface area contributed by atoms with Crippen LogP contribution < -0.4 is 5.32 Å². The zero-order valence-electron chi connectivity index (χ0n) is 19.6. The number of nitrogens with one attached hydrogen (secondary N) is 1. The van der Waals surface area contributed by atoms with Crippen molar-refractivity contribution in [2.24, 2.45) is 10.9 Å². The highest BCUT2D eigenvalue weighted by molar-refractivity contribution is 14.0. The van der Waals surface area contributed by atoms with E-state index in [2.05, 4.69) is 57.4 Å². The Hall–Kier alpha value is -1.35. The number of guanidine groups is 1. The van der Waals surface area contributed by atoms with Gasteiger partial charge in [-0.3, -0.25) is 14.7 Å². The molecule has 1 aromatic rings. The summed E-state index contributed by atoms with van der Waals surface area (Å²) in [5.41, 5.74) is 1.46. The number of carbonyl (C=O) groups is 1. The molecule has 1 N–H and O–H groups in total. The molecule has 2 aliphatic rings. The second kappa shape index (κ2) is 12.6. The number of benzene rings is 1. The van der Waals surface area contributed by atoms with Crippen molar-refractivity contribution in [2.75, 3.05) is 53.9 Å². The van der Waals surface area contributed by atoms with Crippen LogP contribution in [0.5, 0.6) is 0 Å². The third kappa shape index (κ3) is 6.81. The monoisotopic (exact) mass is 541 g/mol. The Morgan fingerprint density at radius 1 is 1.19 bits per heavy atom. The standard InChI is InChI=1S/C24H39N5O.HI/c1-19-18-29(17-13-21(19)20-10-6-5-7-11-20)24(25-2)26-14-9-16-28-15-8-12-22(28)23(30)27(3)4;/h5-7,10-11,19,21-22H,8-9,12-18H2,1-4H3,(H,25,26);1H. The molecule has 0 spiro atoms. The van der Waals surface area contributed by atoms with Crippen LogP contribution in [0.1, 0.15) is 44.1 Å². The molecule has 6 nitrogen and oxygen atoms in total. The summed E-state index contributed by atoms with van der Waals surface area (Å²) in [7, 11) is 5.58. The smallest absolute Gasteiger partial charge is 0.239 e. The molecule has 3 atom stereocenters. The van der Waals surface area contributed by atoms with Gasteiger partial charge in [0.1, 0.15) is 0 Å². The molecule has 174 valence electrons. The van der Waals surface area contributed by atoms with E-state index in [0.29, 0.717) is 11.8 Å². The number of rotatable bonds is 6. The predicted octanol–water partition coefficient (Wildman–Crippen LogP) is 3.25. The average molecular weight is 542 g/mol. The van der Waals surface area contributed by atoms with Crippen LogP contribution in [0.15, 0.2) is 35.3 Å². The van der Waals surface area contributed by atoms with Gasteiger partial charge in [-0.25, -0.2) is 0 Å². The number of amides is 1. The van der Waals surface area contributed by atoms with Gasteiger partial charge in [-0.05, 0) is 49.6 Å². The molecule has 1 aromatic carbocycles. The van der Waals surface area contributed by atoms with Gasteiger partial charge in [-0.15, -0.1) is 24.0 Å². The van der Waals surface area contributed by atoms with Crippen LogP contribution in [-0.2, 0) is 4.79 Å². The lowest BCUT2D eigenvalue weighted by molar-refractivity contribution is -0.133. The third-order valence-corrected chi connectivity index (χ3v) is 6.64. The van der Waals surface area contributed by atoms with Crippen molar-refractivity contribution in [3.8, 4) is 0 Å². The van der Waals surface area contributed by atoms with Crippen LogP contribution in [0.2, 0.25) is 0 Å². The lowest BCUT2D eigenvalue weighted by atomic mass is 9.82. The molecule has 3 rings (SSSR count). The lowest BCUT2D eigenvalue weighted by Gasteiger charge is -2.39. The number of nitrogens with zero attached hydrogens (tertiary/aromatic N) is 4. The number of piperidine rings is 1. The first-order chi connectivity index (χ1) is 14.5. The fourth-order valence-electron chi connectivity index (χ4n) is 5.02. The quantitative estimate of drug-likeness (QED) is 0.260. The maximum absolute atomic E-state index is 12.4. The molecule has 2 saturated heterocycles. The van der Waals surface area contributed by atoms with Gasteiger partial charge in [0.2, 0.25) is 5.91 Å². The lowest BCUT2D eigenvalue weighted by Crippen LogP contribution is -2.48. The van der Waals surface area contributed by atoms with Crippen LogP contribution in [0.25, 0.3) is 0 Å². The number of hydrogen-bond acceptors (Lipinski definition) is 3. The van der Waals surface area contributed by atoms with Crippen LogP contribution in [0.3, 0.4) is 0 Å². The molecule has 1 amide bonds. The van der Waals surface area contributed by atoms with Crippen LogP contribution in [0, 0.1) is 5.92 Å². The summed E-state index contributed by atoms with van der Waals surface area (Å²) in [5, 5.41) is 3.56. The summed E-state index contributed by atoms with van der Waals surface area (Å²) in [6, 6.07) is 11.0. The highest BCUT2D eigenvalue weighted by atomic mass is 127. The summed E-state index contributed by atoms with van der Waals surface area (Å²) in [6.45, 7) is 7.30. The van der Waals surface area contributed by atoms with Gasteiger partial charge < -0.3 is 15.1 Å². The van der Waals surface area contributed by atoms with E-state index >= 15 is 0 Å². The Morgan fingerprint density at radius 2 is 1.94 bits per heavy atom.